The zero-order valence-corrected chi connectivity index (χ0v) is 12.2. The maximum Gasteiger partial charge on any atom is 0.237 e. The van der Waals surface area contributed by atoms with E-state index in [2.05, 4.69) is 36.6 Å². The highest BCUT2D eigenvalue weighted by Crippen LogP contribution is 2.21. The van der Waals surface area contributed by atoms with E-state index in [4.69, 9.17) is 0 Å². The zero-order valence-electron chi connectivity index (χ0n) is 12.2. The van der Waals surface area contributed by atoms with Gasteiger partial charge in [-0.25, -0.2) is 0 Å². The van der Waals surface area contributed by atoms with Crippen LogP contribution in [0.2, 0.25) is 0 Å². The highest BCUT2D eigenvalue weighted by atomic mass is 16.3. The fourth-order valence-electron chi connectivity index (χ4n) is 2.58. The number of hydrogen-bond donors (Lipinski definition) is 3. The third-order valence-electron chi connectivity index (χ3n) is 3.69. The third kappa shape index (κ3) is 4.32. The van der Waals surface area contributed by atoms with Crippen molar-refractivity contribution in [1.82, 2.24) is 10.6 Å². The molecule has 2 rings (SSSR count). The van der Waals surface area contributed by atoms with E-state index < -0.39 is 6.10 Å². The Balaban J connectivity index is 1.81. The van der Waals surface area contributed by atoms with Crippen molar-refractivity contribution >= 4 is 5.91 Å². The van der Waals surface area contributed by atoms with Gasteiger partial charge in [0, 0.05) is 13.1 Å². The molecule has 1 aliphatic heterocycles. The molecule has 4 heteroatoms. The molecule has 0 spiro atoms. The van der Waals surface area contributed by atoms with E-state index in [1.807, 2.05) is 18.2 Å². The number of benzene rings is 1. The SMILES string of the molecule is CC(C)(CNC(=O)C1CC(O)CN1)Cc1ccccc1. The van der Waals surface area contributed by atoms with Gasteiger partial charge in [-0.1, -0.05) is 44.2 Å². The maximum atomic E-state index is 12.0. The van der Waals surface area contributed by atoms with Gasteiger partial charge in [0.25, 0.3) is 0 Å². The quantitative estimate of drug-likeness (QED) is 0.754. The van der Waals surface area contributed by atoms with Crippen molar-refractivity contribution in [2.45, 2.75) is 38.8 Å². The molecule has 2 unspecified atom stereocenters. The van der Waals surface area contributed by atoms with Gasteiger partial charge in [0.05, 0.1) is 12.1 Å². The van der Waals surface area contributed by atoms with Crippen LogP contribution in [0.5, 0.6) is 0 Å². The Hall–Kier alpha value is -1.39. The van der Waals surface area contributed by atoms with Gasteiger partial charge >= 0.3 is 0 Å². The number of β-amino-alcohol motifs (C(OH)–C–C–N with tert-alkyl or cyclic N) is 1. The van der Waals surface area contributed by atoms with Crippen molar-refractivity contribution in [3.8, 4) is 0 Å². The van der Waals surface area contributed by atoms with Crippen molar-refractivity contribution in [2.75, 3.05) is 13.1 Å². The third-order valence-corrected chi connectivity index (χ3v) is 3.69. The van der Waals surface area contributed by atoms with Gasteiger partial charge in [-0.05, 0) is 23.8 Å². The minimum Gasteiger partial charge on any atom is -0.392 e. The Morgan fingerprint density at radius 2 is 2.10 bits per heavy atom. The molecule has 0 radical (unpaired) electrons. The number of rotatable bonds is 5. The highest BCUT2D eigenvalue weighted by Gasteiger charge is 2.29. The molecule has 1 heterocycles. The highest BCUT2D eigenvalue weighted by molar-refractivity contribution is 5.82. The van der Waals surface area contributed by atoms with Gasteiger partial charge in [-0.2, -0.15) is 0 Å². The van der Waals surface area contributed by atoms with E-state index in [9.17, 15) is 9.90 Å². The Labute approximate surface area is 120 Å². The standard InChI is InChI=1S/C16H24N2O2/c1-16(2,9-12-6-4-3-5-7-12)11-18-15(20)14-8-13(19)10-17-14/h3-7,13-14,17,19H,8-11H2,1-2H3,(H,18,20). The Morgan fingerprint density at radius 3 is 2.70 bits per heavy atom. The summed E-state index contributed by atoms with van der Waals surface area (Å²) in [5, 5.41) is 15.5. The molecule has 4 nitrogen and oxygen atoms in total. The molecular weight excluding hydrogens is 252 g/mol. The predicted octanol–water partition coefficient (Wildman–Crippen LogP) is 1.09. The van der Waals surface area contributed by atoms with E-state index in [0.29, 0.717) is 19.5 Å². The molecule has 0 saturated carbocycles. The summed E-state index contributed by atoms with van der Waals surface area (Å²) >= 11 is 0. The number of hydrogen-bond acceptors (Lipinski definition) is 3. The minimum atomic E-state index is -0.400. The van der Waals surface area contributed by atoms with Crippen molar-refractivity contribution in [3.05, 3.63) is 35.9 Å². The first-order valence-electron chi connectivity index (χ1n) is 7.19. The molecule has 1 aliphatic rings. The molecule has 1 saturated heterocycles. The average Bonchev–Trinajstić information content (AvgIpc) is 2.83. The molecule has 1 amide bonds. The van der Waals surface area contributed by atoms with E-state index in [-0.39, 0.29) is 17.4 Å². The van der Waals surface area contributed by atoms with Crippen LogP contribution in [0.3, 0.4) is 0 Å². The van der Waals surface area contributed by atoms with Gasteiger partial charge in [-0.3, -0.25) is 4.79 Å². The summed E-state index contributed by atoms with van der Waals surface area (Å²) in [5.41, 5.74) is 1.29. The summed E-state index contributed by atoms with van der Waals surface area (Å²) in [5.74, 6) is -0.0114. The minimum absolute atomic E-state index is 0.00817. The van der Waals surface area contributed by atoms with E-state index >= 15 is 0 Å². The van der Waals surface area contributed by atoms with E-state index in [1.54, 1.807) is 0 Å². The lowest BCUT2D eigenvalue weighted by atomic mass is 9.85. The topological polar surface area (TPSA) is 61.4 Å². The molecule has 0 aliphatic carbocycles. The lowest BCUT2D eigenvalue weighted by molar-refractivity contribution is -0.123. The van der Waals surface area contributed by atoms with Crippen LogP contribution in [0, 0.1) is 5.41 Å². The number of aliphatic hydroxyl groups is 1. The van der Waals surface area contributed by atoms with Gasteiger partial charge in [0.15, 0.2) is 0 Å². The molecular formula is C16H24N2O2. The molecule has 3 N–H and O–H groups in total. The number of carbonyl (C=O) groups excluding carboxylic acids is 1. The lowest BCUT2D eigenvalue weighted by Gasteiger charge is -2.26. The van der Waals surface area contributed by atoms with E-state index in [1.165, 1.54) is 5.56 Å². The summed E-state index contributed by atoms with van der Waals surface area (Å²) in [4.78, 5) is 12.0. The molecule has 1 aromatic carbocycles. The number of aliphatic hydroxyl groups excluding tert-OH is 1. The number of amides is 1. The molecule has 0 bridgehead atoms. The van der Waals surface area contributed by atoms with Gasteiger partial charge < -0.3 is 15.7 Å². The van der Waals surface area contributed by atoms with Crippen LogP contribution in [-0.4, -0.2) is 36.2 Å². The fourth-order valence-corrected chi connectivity index (χ4v) is 2.58. The normalized spacial score (nSPS) is 22.8. The summed E-state index contributed by atoms with van der Waals surface area (Å²) in [6.07, 6.45) is 1.03. The Morgan fingerprint density at radius 1 is 1.40 bits per heavy atom. The fraction of sp³-hybridized carbons (Fsp3) is 0.562. The molecule has 0 aromatic heterocycles. The molecule has 1 aromatic rings. The molecule has 110 valence electrons. The van der Waals surface area contributed by atoms with Crippen molar-refractivity contribution in [3.63, 3.8) is 0 Å². The maximum absolute atomic E-state index is 12.0. The summed E-state index contributed by atoms with van der Waals surface area (Å²) in [6.45, 7) is 5.44. The first-order chi connectivity index (χ1) is 9.46. The zero-order chi connectivity index (χ0) is 14.6. The second-order valence-electron chi connectivity index (χ2n) is 6.39. The van der Waals surface area contributed by atoms with Crippen molar-refractivity contribution < 1.29 is 9.90 Å². The largest absolute Gasteiger partial charge is 0.392 e. The molecule has 1 fully saturated rings. The Bertz CT molecular complexity index is 445. The second kappa shape index (κ2) is 6.37. The number of nitrogens with one attached hydrogen (secondary N) is 2. The average molecular weight is 276 g/mol. The van der Waals surface area contributed by atoms with Crippen LogP contribution < -0.4 is 10.6 Å². The first kappa shape index (κ1) is 15.0. The summed E-state index contributed by atoms with van der Waals surface area (Å²) < 4.78 is 0. The number of carbonyl (C=O) groups is 1. The van der Waals surface area contributed by atoms with Gasteiger partial charge in [0.2, 0.25) is 5.91 Å². The monoisotopic (exact) mass is 276 g/mol. The van der Waals surface area contributed by atoms with Crippen LogP contribution in [0.4, 0.5) is 0 Å². The molecule has 2 atom stereocenters. The summed E-state index contributed by atoms with van der Waals surface area (Å²) in [6, 6.07) is 10.0. The van der Waals surface area contributed by atoms with Crippen LogP contribution in [0.25, 0.3) is 0 Å². The smallest absolute Gasteiger partial charge is 0.237 e. The predicted molar refractivity (Wildman–Crippen MR) is 79.4 cm³/mol. The van der Waals surface area contributed by atoms with Crippen molar-refractivity contribution in [1.29, 1.82) is 0 Å². The second-order valence-corrected chi connectivity index (χ2v) is 6.39. The van der Waals surface area contributed by atoms with E-state index in [0.717, 1.165) is 6.42 Å². The lowest BCUT2D eigenvalue weighted by Crippen LogP contribution is -2.44. The van der Waals surface area contributed by atoms with Gasteiger partial charge in [-0.15, -0.1) is 0 Å². The first-order valence-corrected chi connectivity index (χ1v) is 7.19. The van der Waals surface area contributed by atoms with Crippen LogP contribution in [-0.2, 0) is 11.2 Å². The van der Waals surface area contributed by atoms with Crippen LogP contribution in [0.15, 0.2) is 30.3 Å². The van der Waals surface area contributed by atoms with Crippen LogP contribution in [0.1, 0.15) is 25.8 Å². The Kier molecular flexibility index (Phi) is 4.78. The van der Waals surface area contributed by atoms with Crippen molar-refractivity contribution in [2.24, 2.45) is 5.41 Å². The summed E-state index contributed by atoms with van der Waals surface area (Å²) in [7, 11) is 0. The van der Waals surface area contributed by atoms with Gasteiger partial charge in [0.1, 0.15) is 0 Å². The molecule has 20 heavy (non-hydrogen) atoms. The van der Waals surface area contributed by atoms with Crippen LogP contribution >= 0.6 is 0 Å².